The number of alkyl carbamates (subject to hydrolysis) is 1. The number of amides is 1. The number of nitrogens with zero attached hydrogens (tertiary/aromatic N) is 3. The fraction of sp³-hybridized carbons (Fsp3) is 0.545. The maximum absolute atomic E-state index is 12.7. The second kappa shape index (κ2) is 5.92. The van der Waals surface area contributed by atoms with Gasteiger partial charge in [-0.05, 0) is 6.42 Å². The molecule has 0 saturated carbocycles. The fourth-order valence-corrected chi connectivity index (χ4v) is 2.18. The number of alkyl halides is 3. The fourth-order valence-electron chi connectivity index (χ4n) is 2.01. The van der Waals surface area contributed by atoms with Crippen LogP contribution in [-0.4, -0.2) is 42.3 Å². The number of aromatic nitrogens is 2. The van der Waals surface area contributed by atoms with E-state index < -0.39 is 18.1 Å². The molecule has 0 radical (unpaired) electrons. The normalized spacial score (nSPS) is 18.7. The molecule has 1 atom stereocenters. The van der Waals surface area contributed by atoms with Gasteiger partial charge in [0.2, 0.25) is 5.82 Å². The number of anilines is 1. The number of nitrogens with one attached hydrogen (secondary N) is 1. The molecule has 1 saturated heterocycles. The van der Waals surface area contributed by atoms with Crippen LogP contribution in [0.15, 0.2) is 6.07 Å². The Morgan fingerprint density at radius 1 is 1.52 bits per heavy atom. The van der Waals surface area contributed by atoms with Crippen molar-refractivity contribution in [1.82, 2.24) is 15.3 Å². The van der Waals surface area contributed by atoms with Gasteiger partial charge in [0.15, 0.2) is 0 Å². The minimum absolute atomic E-state index is 0.0801. The number of carbonyl (C=O) groups excluding carboxylic acids is 1. The number of rotatable bonds is 2. The van der Waals surface area contributed by atoms with Gasteiger partial charge in [-0.1, -0.05) is 11.6 Å². The second-order valence-electron chi connectivity index (χ2n) is 4.44. The Morgan fingerprint density at radius 2 is 2.24 bits per heavy atom. The second-order valence-corrected chi connectivity index (χ2v) is 4.83. The van der Waals surface area contributed by atoms with Gasteiger partial charge in [-0.2, -0.15) is 13.2 Å². The van der Waals surface area contributed by atoms with Crippen LogP contribution in [0.2, 0.25) is 5.15 Å². The van der Waals surface area contributed by atoms with Crippen molar-refractivity contribution < 1.29 is 22.7 Å². The summed E-state index contributed by atoms with van der Waals surface area (Å²) in [7, 11) is 1.24. The average molecular weight is 325 g/mol. The standard InChI is InChI=1S/C11H12ClF3N4O2/c1-21-10(20)16-6-2-3-19(5-6)8-4-7(12)17-9(18-8)11(13,14)15/h4,6H,2-3,5H2,1H3,(H,16,20). The lowest BCUT2D eigenvalue weighted by Gasteiger charge is -2.19. The Labute approximate surface area is 123 Å². The van der Waals surface area contributed by atoms with E-state index in [9.17, 15) is 18.0 Å². The highest BCUT2D eigenvalue weighted by Crippen LogP contribution is 2.30. The van der Waals surface area contributed by atoms with Crippen LogP contribution in [0, 0.1) is 0 Å². The van der Waals surface area contributed by atoms with Crippen molar-refractivity contribution in [1.29, 1.82) is 0 Å². The molecule has 1 unspecified atom stereocenters. The molecular weight excluding hydrogens is 313 g/mol. The summed E-state index contributed by atoms with van der Waals surface area (Å²) in [5.41, 5.74) is 0. The van der Waals surface area contributed by atoms with Crippen LogP contribution in [0.25, 0.3) is 0 Å². The molecule has 1 aliphatic heterocycles. The molecule has 1 N–H and O–H groups in total. The summed E-state index contributed by atoms with van der Waals surface area (Å²) in [4.78, 5) is 19.4. The van der Waals surface area contributed by atoms with Crippen LogP contribution in [0.3, 0.4) is 0 Å². The predicted molar refractivity (Wildman–Crippen MR) is 68.2 cm³/mol. The van der Waals surface area contributed by atoms with Gasteiger partial charge in [-0.15, -0.1) is 0 Å². The SMILES string of the molecule is COC(=O)NC1CCN(c2cc(Cl)nc(C(F)(F)F)n2)C1. The lowest BCUT2D eigenvalue weighted by molar-refractivity contribution is -0.144. The summed E-state index contributed by atoms with van der Waals surface area (Å²) in [6, 6.07) is 1.04. The van der Waals surface area contributed by atoms with Crippen molar-refractivity contribution in [3.05, 3.63) is 17.0 Å². The number of halogens is 4. The van der Waals surface area contributed by atoms with E-state index in [0.717, 1.165) is 0 Å². The number of carbonyl (C=O) groups is 1. The highest BCUT2D eigenvalue weighted by Gasteiger charge is 2.36. The third kappa shape index (κ3) is 3.87. The molecule has 1 aliphatic rings. The molecule has 1 aromatic heterocycles. The van der Waals surface area contributed by atoms with Gasteiger partial charge in [0.05, 0.1) is 13.2 Å². The maximum atomic E-state index is 12.7. The lowest BCUT2D eigenvalue weighted by Crippen LogP contribution is -2.37. The van der Waals surface area contributed by atoms with Gasteiger partial charge < -0.3 is 15.0 Å². The predicted octanol–water partition coefficient (Wildman–Crippen LogP) is 2.08. The van der Waals surface area contributed by atoms with E-state index in [-0.39, 0.29) is 17.0 Å². The van der Waals surface area contributed by atoms with Crippen LogP contribution < -0.4 is 10.2 Å². The quantitative estimate of drug-likeness (QED) is 0.844. The maximum Gasteiger partial charge on any atom is 0.451 e. The smallest absolute Gasteiger partial charge is 0.451 e. The average Bonchev–Trinajstić information content (AvgIpc) is 2.85. The molecule has 116 valence electrons. The van der Waals surface area contributed by atoms with Crippen molar-refractivity contribution in [2.45, 2.75) is 18.6 Å². The molecule has 1 aromatic rings. The van der Waals surface area contributed by atoms with Crippen molar-refractivity contribution in [2.75, 3.05) is 25.1 Å². The van der Waals surface area contributed by atoms with Crippen molar-refractivity contribution in [3.63, 3.8) is 0 Å². The first-order valence-electron chi connectivity index (χ1n) is 6.01. The van der Waals surface area contributed by atoms with Crippen LogP contribution in [0.4, 0.5) is 23.8 Å². The molecule has 0 aliphatic carbocycles. The molecule has 10 heteroatoms. The first-order valence-corrected chi connectivity index (χ1v) is 6.38. The highest BCUT2D eigenvalue weighted by molar-refractivity contribution is 6.29. The van der Waals surface area contributed by atoms with E-state index in [1.54, 1.807) is 4.90 Å². The largest absolute Gasteiger partial charge is 0.453 e. The van der Waals surface area contributed by atoms with E-state index >= 15 is 0 Å². The van der Waals surface area contributed by atoms with Crippen molar-refractivity contribution >= 4 is 23.5 Å². The van der Waals surface area contributed by atoms with E-state index in [2.05, 4.69) is 20.0 Å². The zero-order valence-corrected chi connectivity index (χ0v) is 11.7. The Kier molecular flexibility index (Phi) is 4.40. The number of hydrogen-bond donors (Lipinski definition) is 1. The number of methoxy groups -OCH3 is 1. The molecule has 1 amide bonds. The summed E-state index contributed by atoms with van der Waals surface area (Å²) in [6.07, 6.45) is -4.68. The number of ether oxygens (including phenoxy) is 1. The Morgan fingerprint density at radius 3 is 2.86 bits per heavy atom. The third-order valence-corrected chi connectivity index (χ3v) is 3.15. The third-order valence-electron chi connectivity index (χ3n) is 2.95. The highest BCUT2D eigenvalue weighted by atomic mass is 35.5. The topological polar surface area (TPSA) is 67.3 Å². The van der Waals surface area contributed by atoms with Crippen LogP contribution in [0.5, 0.6) is 0 Å². The van der Waals surface area contributed by atoms with Gasteiger partial charge in [-0.3, -0.25) is 0 Å². The van der Waals surface area contributed by atoms with Crippen LogP contribution >= 0.6 is 11.6 Å². The van der Waals surface area contributed by atoms with Crippen molar-refractivity contribution in [2.24, 2.45) is 0 Å². The molecule has 2 heterocycles. The Balaban J connectivity index is 2.13. The molecule has 21 heavy (non-hydrogen) atoms. The number of hydrogen-bond acceptors (Lipinski definition) is 5. The molecule has 6 nitrogen and oxygen atoms in total. The summed E-state index contributed by atoms with van der Waals surface area (Å²) >= 11 is 5.61. The molecular formula is C11H12ClF3N4O2. The zero-order valence-electron chi connectivity index (χ0n) is 10.9. The van der Waals surface area contributed by atoms with Gasteiger partial charge in [0, 0.05) is 19.2 Å². The van der Waals surface area contributed by atoms with Gasteiger partial charge in [-0.25, -0.2) is 14.8 Å². The molecule has 2 rings (SSSR count). The first kappa shape index (κ1) is 15.6. The van der Waals surface area contributed by atoms with Gasteiger partial charge in [0.1, 0.15) is 11.0 Å². The van der Waals surface area contributed by atoms with Crippen LogP contribution in [-0.2, 0) is 10.9 Å². The van der Waals surface area contributed by atoms with E-state index in [1.165, 1.54) is 13.2 Å². The van der Waals surface area contributed by atoms with Gasteiger partial charge in [0.25, 0.3) is 0 Å². The summed E-state index contributed by atoms with van der Waals surface area (Å²) in [5, 5.41) is 2.31. The minimum atomic E-state index is -4.66. The lowest BCUT2D eigenvalue weighted by atomic mass is 10.3. The van der Waals surface area contributed by atoms with E-state index in [0.29, 0.717) is 19.5 Å². The summed E-state index contributed by atoms with van der Waals surface area (Å²) in [6.45, 7) is 0.763. The zero-order chi connectivity index (χ0) is 15.6. The van der Waals surface area contributed by atoms with Crippen molar-refractivity contribution in [3.8, 4) is 0 Å². The Bertz CT molecular complexity index is 541. The molecule has 0 bridgehead atoms. The monoisotopic (exact) mass is 324 g/mol. The summed E-state index contributed by atoms with van der Waals surface area (Å²) < 4.78 is 42.4. The van der Waals surface area contributed by atoms with Crippen LogP contribution in [0.1, 0.15) is 12.2 Å². The molecule has 1 fully saturated rings. The van der Waals surface area contributed by atoms with Gasteiger partial charge >= 0.3 is 12.3 Å². The van der Waals surface area contributed by atoms with E-state index in [4.69, 9.17) is 11.6 Å². The summed E-state index contributed by atoms with van der Waals surface area (Å²) in [5.74, 6) is -1.20. The molecule has 0 aromatic carbocycles. The minimum Gasteiger partial charge on any atom is -0.453 e. The molecule has 0 spiro atoms. The van der Waals surface area contributed by atoms with E-state index in [1.807, 2.05) is 0 Å². The first-order chi connectivity index (χ1) is 9.79. The Hall–Kier alpha value is -1.77.